The van der Waals surface area contributed by atoms with E-state index in [0.29, 0.717) is 17.4 Å². The number of nitrogens with zero attached hydrogens (tertiary/aromatic N) is 3. The molecule has 0 atom stereocenters. The van der Waals surface area contributed by atoms with Crippen LogP contribution in [0.5, 0.6) is 5.75 Å². The predicted molar refractivity (Wildman–Crippen MR) is 84.0 cm³/mol. The second-order valence-electron chi connectivity index (χ2n) is 5.01. The Morgan fingerprint density at radius 3 is 2.48 bits per heavy atom. The van der Waals surface area contributed by atoms with Crippen LogP contribution in [0.2, 0.25) is 0 Å². The normalized spacial score (nSPS) is 10.5. The second-order valence-corrected chi connectivity index (χ2v) is 5.01. The molecule has 0 aliphatic heterocycles. The highest BCUT2D eigenvalue weighted by Gasteiger charge is 2.08. The Bertz CT molecular complexity index is 810. The lowest BCUT2D eigenvalue weighted by Crippen LogP contribution is -1.98. The van der Waals surface area contributed by atoms with E-state index < -0.39 is 4.92 Å². The number of nitro groups is 1. The van der Waals surface area contributed by atoms with Gasteiger partial charge in [0.25, 0.3) is 5.69 Å². The molecule has 116 valence electrons. The molecule has 1 aromatic heterocycles. The number of aromatic nitrogens is 3. The summed E-state index contributed by atoms with van der Waals surface area (Å²) < 4.78 is 5.54. The van der Waals surface area contributed by atoms with Crippen molar-refractivity contribution in [2.45, 2.75) is 13.5 Å². The van der Waals surface area contributed by atoms with E-state index in [1.165, 1.54) is 17.7 Å². The molecule has 3 rings (SSSR count). The average Bonchev–Trinajstić information content (AvgIpc) is 3.03. The first-order chi connectivity index (χ1) is 11.1. The van der Waals surface area contributed by atoms with Crippen LogP contribution in [0.25, 0.3) is 11.4 Å². The number of nitro benzene ring substituents is 1. The third kappa shape index (κ3) is 3.52. The molecule has 0 bridgehead atoms. The number of benzene rings is 2. The van der Waals surface area contributed by atoms with Gasteiger partial charge in [-0.2, -0.15) is 5.10 Å². The first kappa shape index (κ1) is 14.7. The summed E-state index contributed by atoms with van der Waals surface area (Å²) in [6, 6.07) is 13.8. The van der Waals surface area contributed by atoms with Crippen LogP contribution < -0.4 is 4.74 Å². The molecule has 0 saturated heterocycles. The molecule has 1 heterocycles. The third-order valence-corrected chi connectivity index (χ3v) is 3.26. The van der Waals surface area contributed by atoms with E-state index in [1.807, 2.05) is 31.2 Å². The molecule has 0 aliphatic rings. The van der Waals surface area contributed by atoms with Gasteiger partial charge in [0.1, 0.15) is 12.4 Å². The van der Waals surface area contributed by atoms with Gasteiger partial charge in [-0.1, -0.05) is 29.8 Å². The maximum Gasteiger partial charge on any atom is 0.269 e. The molecule has 0 spiro atoms. The van der Waals surface area contributed by atoms with Gasteiger partial charge in [0.05, 0.1) is 4.92 Å². The fourth-order valence-corrected chi connectivity index (χ4v) is 2.01. The lowest BCUT2D eigenvalue weighted by atomic mass is 10.1. The van der Waals surface area contributed by atoms with Crippen molar-refractivity contribution in [1.29, 1.82) is 0 Å². The zero-order valence-electron chi connectivity index (χ0n) is 12.4. The van der Waals surface area contributed by atoms with Crippen molar-refractivity contribution in [3.05, 3.63) is 70.0 Å². The number of aryl methyl sites for hydroxylation is 1. The van der Waals surface area contributed by atoms with Gasteiger partial charge in [-0.05, 0) is 19.1 Å². The molecule has 3 aromatic rings. The summed E-state index contributed by atoms with van der Waals surface area (Å²) in [5.74, 6) is 1.72. The maximum atomic E-state index is 10.6. The molecule has 0 aliphatic carbocycles. The standard InChI is InChI=1S/C16H14N4O3/c1-11-2-4-12(5-3-11)16-17-15(18-19-16)10-23-14-8-6-13(7-9-14)20(21)22/h2-9H,10H2,1H3,(H,17,18,19). The highest BCUT2D eigenvalue weighted by Crippen LogP contribution is 2.19. The minimum atomic E-state index is -0.450. The highest BCUT2D eigenvalue weighted by molar-refractivity contribution is 5.54. The zero-order chi connectivity index (χ0) is 16.2. The van der Waals surface area contributed by atoms with Crippen LogP contribution in [0.3, 0.4) is 0 Å². The fraction of sp³-hybridized carbons (Fsp3) is 0.125. The molecule has 0 saturated carbocycles. The van der Waals surface area contributed by atoms with Crippen molar-refractivity contribution in [2.24, 2.45) is 0 Å². The molecule has 7 nitrogen and oxygen atoms in total. The Balaban J connectivity index is 1.65. The molecular formula is C16H14N4O3. The SMILES string of the molecule is Cc1ccc(-c2n[nH]c(COc3ccc([N+](=O)[O-])cc3)n2)cc1. The van der Waals surface area contributed by atoms with Gasteiger partial charge in [-0.3, -0.25) is 15.2 Å². The van der Waals surface area contributed by atoms with E-state index in [1.54, 1.807) is 12.1 Å². The van der Waals surface area contributed by atoms with Crippen LogP contribution in [0.1, 0.15) is 11.4 Å². The number of aromatic amines is 1. The van der Waals surface area contributed by atoms with Crippen LogP contribution >= 0.6 is 0 Å². The number of hydrogen-bond acceptors (Lipinski definition) is 5. The number of rotatable bonds is 5. The van der Waals surface area contributed by atoms with Crippen LogP contribution in [0.15, 0.2) is 48.5 Å². The Kier molecular flexibility index (Phi) is 4.01. The summed E-state index contributed by atoms with van der Waals surface area (Å²) in [5.41, 5.74) is 2.12. The van der Waals surface area contributed by atoms with Gasteiger partial charge in [-0.25, -0.2) is 4.98 Å². The molecule has 1 N–H and O–H groups in total. The smallest absolute Gasteiger partial charge is 0.269 e. The van der Waals surface area contributed by atoms with E-state index >= 15 is 0 Å². The van der Waals surface area contributed by atoms with Crippen molar-refractivity contribution in [3.63, 3.8) is 0 Å². The van der Waals surface area contributed by atoms with Crippen LogP contribution in [-0.4, -0.2) is 20.1 Å². The number of hydrogen-bond donors (Lipinski definition) is 1. The van der Waals surface area contributed by atoms with Gasteiger partial charge in [0.2, 0.25) is 0 Å². The van der Waals surface area contributed by atoms with E-state index in [0.717, 1.165) is 5.56 Å². The molecule has 7 heteroatoms. The van der Waals surface area contributed by atoms with Gasteiger partial charge >= 0.3 is 0 Å². The highest BCUT2D eigenvalue weighted by atomic mass is 16.6. The average molecular weight is 310 g/mol. The van der Waals surface area contributed by atoms with Crippen molar-refractivity contribution >= 4 is 5.69 Å². The van der Waals surface area contributed by atoms with E-state index in [2.05, 4.69) is 15.2 Å². The van der Waals surface area contributed by atoms with E-state index in [9.17, 15) is 10.1 Å². The van der Waals surface area contributed by atoms with Crippen LogP contribution in [0.4, 0.5) is 5.69 Å². The third-order valence-electron chi connectivity index (χ3n) is 3.26. The molecule has 23 heavy (non-hydrogen) atoms. The summed E-state index contributed by atoms with van der Waals surface area (Å²) >= 11 is 0. The number of non-ortho nitro benzene ring substituents is 1. The lowest BCUT2D eigenvalue weighted by molar-refractivity contribution is -0.384. The second kappa shape index (κ2) is 6.27. The summed E-state index contributed by atoms with van der Waals surface area (Å²) in [6.45, 7) is 2.22. The number of H-pyrrole nitrogens is 1. The molecule has 0 fully saturated rings. The fourth-order valence-electron chi connectivity index (χ4n) is 2.01. The number of nitrogens with one attached hydrogen (secondary N) is 1. The molecule has 2 aromatic carbocycles. The Labute approximate surface area is 132 Å². The Morgan fingerprint density at radius 1 is 1.13 bits per heavy atom. The maximum absolute atomic E-state index is 10.6. The topological polar surface area (TPSA) is 93.9 Å². The first-order valence-corrected chi connectivity index (χ1v) is 6.97. The minimum absolute atomic E-state index is 0.0265. The summed E-state index contributed by atoms with van der Waals surface area (Å²) in [7, 11) is 0. The number of ether oxygens (including phenoxy) is 1. The largest absolute Gasteiger partial charge is 0.486 e. The molecular weight excluding hydrogens is 296 g/mol. The van der Waals surface area contributed by atoms with Crippen molar-refractivity contribution in [2.75, 3.05) is 0 Å². The van der Waals surface area contributed by atoms with Gasteiger partial charge < -0.3 is 4.74 Å². The monoisotopic (exact) mass is 310 g/mol. The van der Waals surface area contributed by atoms with Gasteiger partial charge in [0.15, 0.2) is 11.6 Å². The van der Waals surface area contributed by atoms with Crippen LogP contribution in [-0.2, 0) is 6.61 Å². The predicted octanol–water partition coefficient (Wildman–Crippen LogP) is 3.27. The summed E-state index contributed by atoms with van der Waals surface area (Å²) in [4.78, 5) is 14.5. The van der Waals surface area contributed by atoms with Crippen molar-refractivity contribution in [1.82, 2.24) is 15.2 Å². The van der Waals surface area contributed by atoms with Crippen LogP contribution in [0, 0.1) is 17.0 Å². The van der Waals surface area contributed by atoms with E-state index in [4.69, 9.17) is 4.74 Å². The molecule has 0 unspecified atom stereocenters. The minimum Gasteiger partial charge on any atom is -0.486 e. The Hall–Kier alpha value is -3.22. The Morgan fingerprint density at radius 2 is 1.83 bits per heavy atom. The van der Waals surface area contributed by atoms with Crippen molar-refractivity contribution < 1.29 is 9.66 Å². The quantitative estimate of drug-likeness (QED) is 0.576. The van der Waals surface area contributed by atoms with Crippen molar-refractivity contribution in [3.8, 4) is 17.1 Å². The molecule has 0 amide bonds. The van der Waals surface area contributed by atoms with E-state index in [-0.39, 0.29) is 12.3 Å². The first-order valence-electron chi connectivity index (χ1n) is 6.97. The summed E-state index contributed by atoms with van der Waals surface area (Å²) in [6.07, 6.45) is 0. The lowest BCUT2D eigenvalue weighted by Gasteiger charge is -2.02. The molecule has 0 radical (unpaired) electrons. The zero-order valence-corrected chi connectivity index (χ0v) is 12.4. The van der Waals surface area contributed by atoms with Gasteiger partial charge in [-0.15, -0.1) is 0 Å². The van der Waals surface area contributed by atoms with Gasteiger partial charge in [0, 0.05) is 17.7 Å². The summed E-state index contributed by atoms with van der Waals surface area (Å²) in [5, 5.41) is 17.6.